The van der Waals surface area contributed by atoms with Crippen LogP contribution >= 0.6 is 11.8 Å². The topological polar surface area (TPSA) is 133 Å². The lowest BCUT2D eigenvalue weighted by Gasteiger charge is -2.16. The maximum atomic E-state index is 11.7. The zero-order chi connectivity index (χ0) is 16.3. The Balaban J connectivity index is 4.35. The maximum Gasteiger partial charge on any atom is 0.322 e. The number of rotatable bonds is 11. The first-order valence-electron chi connectivity index (χ1n) is 6.10. The number of carbonyl (C=O) groups excluding carboxylic acids is 2. The summed E-state index contributed by atoms with van der Waals surface area (Å²) in [5.41, 5.74) is 0. The average Bonchev–Trinajstić information content (AvgIpc) is 2.40. The zero-order valence-electron chi connectivity index (χ0n) is 11.3. The highest BCUT2D eigenvalue weighted by Gasteiger charge is 2.20. The Bertz CT molecular complexity index is 413. The van der Waals surface area contributed by atoms with Crippen molar-refractivity contribution in [2.75, 3.05) is 12.3 Å². The first kappa shape index (κ1) is 19.0. The molecule has 0 rings (SSSR count). The van der Waals surface area contributed by atoms with Crippen molar-refractivity contribution in [1.29, 1.82) is 0 Å². The molecule has 0 spiro atoms. The van der Waals surface area contributed by atoms with E-state index in [9.17, 15) is 19.2 Å². The Morgan fingerprint density at radius 1 is 1.14 bits per heavy atom. The smallest absolute Gasteiger partial charge is 0.322 e. The van der Waals surface area contributed by atoms with Crippen molar-refractivity contribution in [2.45, 2.75) is 25.3 Å². The molecule has 0 aromatic rings. The Morgan fingerprint density at radius 3 is 2.33 bits per heavy atom. The summed E-state index contributed by atoms with van der Waals surface area (Å²) in [6.45, 7) is 2.93. The van der Waals surface area contributed by atoms with E-state index in [4.69, 9.17) is 10.2 Å². The highest BCUT2D eigenvalue weighted by Crippen LogP contribution is 2.04. The molecule has 118 valence electrons. The van der Waals surface area contributed by atoms with Crippen LogP contribution in [0.15, 0.2) is 12.0 Å². The molecule has 1 atom stereocenters. The summed E-state index contributed by atoms with van der Waals surface area (Å²) in [5, 5.41) is 23.1. The lowest BCUT2D eigenvalue weighted by Crippen LogP contribution is -2.49. The monoisotopic (exact) mass is 318 g/mol. The van der Waals surface area contributed by atoms with Gasteiger partial charge in [0.15, 0.2) is 0 Å². The lowest BCUT2D eigenvalue weighted by atomic mass is 10.2. The molecule has 0 fully saturated rings. The second-order valence-electron chi connectivity index (χ2n) is 3.98. The summed E-state index contributed by atoms with van der Waals surface area (Å²) >= 11 is 1.20. The number of thioether (sulfide) groups is 1. The molecule has 0 aliphatic rings. The number of hydrogen-bond donors (Lipinski definition) is 4. The Labute approximate surface area is 126 Å². The van der Waals surface area contributed by atoms with Crippen LogP contribution in [0.1, 0.15) is 19.3 Å². The summed E-state index contributed by atoms with van der Waals surface area (Å²) < 4.78 is 0. The fraction of sp³-hybridized carbons (Fsp3) is 0.500. The van der Waals surface area contributed by atoms with Crippen LogP contribution in [0.25, 0.3) is 0 Å². The van der Waals surface area contributed by atoms with Gasteiger partial charge < -0.3 is 20.8 Å². The van der Waals surface area contributed by atoms with Crippen molar-refractivity contribution in [2.24, 2.45) is 0 Å². The third-order valence-corrected chi connectivity index (χ3v) is 3.00. The minimum atomic E-state index is -1.19. The summed E-state index contributed by atoms with van der Waals surface area (Å²) in [6, 6.07) is -0.898. The van der Waals surface area contributed by atoms with E-state index < -0.39 is 36.3 Å². The number of hydrogen-bond acceptors (Lipinski definition) is 5. The predicted octanol–water partition coefficient (Wildman–Crippen LogP) is -0.196. The fourth-order valence-electron chi connectivity index (χ4n) is 1.30. The van der Waals surface area contributed by atoms with Crippen molar-refractivity contribution in [3.63, 3.8) is 0 Å². The minimum Gasteiger partial charge on any atom is -0.481 e. The van der Waals surface area contributed by atoms with E-state index in [0.717, 1.165) is 0 Å². The quantitative estimate of drug-likeness (QED) is 0.415. The largest absolute Gasteiger partial charge is 0.481 e. The number of carbonyl (C=O) groups is 4. The van der Waals surface area contributed by atoms with Gasteiger partial charge in [0, 0.05) is 18.6 Å². The molecule has 4 N–H and O–H groups in total. The Kier molecular flexibility index (Phi) is 9.69. The van der Waals surface area contributed by atoms with E-state index >= 15 is 0 Å². The summed E-state index contributed by atoms with van der Waals surface area (Å²) in [6.07, 6.45) is 0.0116. The molecule has 0 aliphatic heterocycles. The van der Waals surface area contributed by atoms with Gasteiger partial charge in [-0.2, -0.15) is 0 Å². The molecule has 0 aromatic carbocycles. The van der Waals surface area contributed by atoms with Crippen LogP contribution in [-0.2, 0) is 19.2 Å². The molecule has 0 saturated carbocycles. The van der Waals surface area contributed by atoms with Crippen molar-refractivity contribution in [3.05, 3.63) is 12.0 Å². The number of carboxylic acid groups (broad SMARTS) is 2. The van der Waals surface area contributed by atoms with Gasteiger partial charge in [-0.25, -0.2) is 0 Å². The van der Waals surface area contributed by atoms with Crippen LogP contribution in [-0.4, -0.2) is 52.3 Å². The van der Waals surface area contributed by atoms with Crippen LogP contribution in [0.2, 0.25) is 0 Å². The third kappa shape index (κ3) is 10.4. The predicted molar refractivity (Wildman–Crippen MR) is 76.7 cm³/mol. The van der Waals surface area contributed by atoms with Crippen LogP contribution < -0.4 is 10.6 Å². The van der Waals surface area contributed by atoms with Crippen molar-refractivity contribution in [1.82, 2.24) is 10.6 Å². The van der Waals surface area contributed by atoms with Crippen LogP contribution in [0.5, 0.6) is 0 Å². The molecule has 9 heteroatoms. The highest BCUT2D eigenvalue weighted by atomic mass is 32.2. The number of nitrogens with one attached hydrogen (secondary N) is 2. The molecule has 0 heterocycles. The molecule has 0 radical (unpaired) electrons. The number of aliphatic carboxylic acids is 2. The SMILES string of the molecule is C=CSC[C@H](NC(=O)CCCC(=O)O)C(=O)NCC(=O)O. The molecule has 0 aliphatic carbocycles. The standard InChI is InChI=1S/C12H18N2O6S/c1-2-21-7-8(12(20)13-6-11(18)19)14-9(15)4-3-5-10(16)17/h2,8H,1,3-7H2,(H,13,20)(H,14,15)(H,16,17)(H,18,19)/t8-/m0/s1. The van der Waals surface area contributed by atoms with Crippen molar-refractivity contribution in [3.8, 4) is 0 Å². The lowest BCUT2D eigenvalue weighted by molar-refractivity contribution is -0.138. The highest BCUT2D eigenvalue weighted by molar-refractivity contribution is 8.02. The van der Waals surface area contributed by atoms with Crippen LogP contribution in [0.3, 0.4) is 0 Å². The Hall–Kier alpha value is -2.03. The average molecular weight is 318 g/mol. The van der Waals surface area contributed by atoms with Crippen molar-refractivity contribution >= 4 is 35.5 Å². The molecule has 21 heavy (non-hydrogen) atoms. The van der Waals surface area contributed by atoms with Gasteiger partial charge in [0.2, 0.25) is 11.8 Å². The minimum absolute atomic E-state index is 0.0201. The molecular weight excluding hydrogens is 300 g/mol. The van der Waals surface area contributed by atoms with E-state index in [1.54, 1.807) is 0 Å². The van der Waals surface area contributed by atoms with Gasteiger partial charge in [-0.1, -0.05) is 6.58 Å². The van der Waals surface area contributed by atoms with Crippen LogP contribution in [0.4, 0.5) is 0 Å². The van der Waals surface area contributed by atoms with E-state index in [1.165, 1.54) is 17.2 Å². The van der Waals surface area contributed by atoms with Gasteiger partial charge in [-0.15, -0.1) is 11.8 Å². The van der Waals surface area contributed by atoms with E-state index in [0.29, 0.717) is 0 Å². The molecule has 0 bridgehead atoms. The van der Waals surface area contributed by atoms with Gasteiger partial charge in [-0.05, 0) is 11.8 Å². The van der Waals surface area contributed by atoms with Gasteiger partial charge in [0.25, 0.3) is 0 Å². The van der Waals surface area contributed by atoms with E-state index in [-0.39, 0.29) is 25.0 Å². The third-order valence-electron chi connectivity index (χ3n) is 2.24. The molecule has 0 unspecified atom stereocenters. The second-order valence-corrected chi connectivity index (χ2v) is 4.98. The van der Waals surface area contributed by atoms with Gasteiger partial charge >= 0.3 is 11.9 Å². The molecule has 8 nitrogen and oxygen atoms in total. The molecule has 2 amide bonds. The van der Waals surface area contributed by atoms with Gasteiger partial charge in [0.1, 0.15) is 12.6 Å². The van der Waals surface area contributed by atoms with Gasteiger partial charge in [0.05, 0.1) is 0 Å². The molecule has 0 aromatic heterocycles. The first-order chi connectivity index (χ1) is 9.86. The zero-order valence-corrected chi connectivity index (χ0v) is 12.1. The molecule has 0 saturated heterocycles. The van der Waals surface area contributed by atoms with E-state index in [2.05, 4.69) is 17.2 Å². The fourth-order valence-corrected chi connectivity index (χ4v) is 1.86. The maximum absolute atomic E-state index is 11.7. The van der Waals surface area contributed by atoms with Crippen molar-refractivity contribution < 1.29 is 29.4 Å². The number of carboxylic acids is 2. The summed E-state index contributed by atoms with van der Waals surface area (Å²) in [5.74, 6) is -3.05. The Morgan fingerprint density at radius 2 is 1.81 bits per heavy atom. The van der Waals surface area contributed by atoms with Gasteiger partial charge in [-0.3, -0.25) is 19.2 Å². The second kappa shape index (κ2) is 10.7. The molecular formula is C12H18N2O6S. The van der Waals surface area contributed by atoms with E-state index in [1.807, 2.05) is 0 Å². The summed E-state index contributed by atoms with van der Waals surface area (Å²) in [7, 11) is 0. The first-order valence-corrected chi connectivity index (χ1v) is 7.14. The number of amides is 2. The normalized spacial score (nSPS) is 11.2. The summed E-state index contributed by atoms with van der Waals surface area (Å²) in [4.78, 5) is 44.1. The van der Waals surface area contributed by atoms with Crippen LogP contribution in [0, 0.1) is 0 Å².